The molecule has 1 fully saturated rings. The van der Waals surface area contributed by atoms with Gasteiger partial charge in [0.1, 0.15) is 0 Å². The summed E-state index contributed by atoms with van der Waals surface area (Å²) in [6, 6.07) is 5.57. The molecule has 0 radical (unpaired) electrons. The first-order valence-electron chi connectivity index (χ1n) is 8.20. The van der Waals surface area contributed by atoms with Crippen molar-refractivity contribution in [1.82, 2.24) is 5.32 Å². The quantitative estimate of drug-likeness (QED) is 0.493. The molecule has 1 aliphatic rings. The molecule has 24 heavy (non-hydrogen) atoms. The van der Waals surface area contributed by atoms with E-state index in [1.54, 1.807) is 18.3 Å². The number of aryl methyl sites for hydroxylation is 2. The highest BCUT2D eigenvalue weighted by Crippen LogP contribution is 2.55. The van der Waals surface area contributed by atoms with Crippen molar-refractivity contribution in [2.24, 2.45) is 5.92 Å². The van der Waals surface area contributed by atoms with Crippen LogP contribution in [-0.2, 0) is 32.6 Å². The summed E-state index contributed by atoms with van der Waals surface area (Å²) in [4.78, 5) is 35.2. The molecule has 0 bridgehead atoms. The molecule has 0 heterocycles. The van der Waals surface area contributed by atoms with Crippen LogP contribution in [-0.4, -0.2) is 24.6 Å². The number of imide groups is 1. The lowest BCUT2D eigenvalue weighted by atomic mass is 9.88. The van der Waals surface area contributed by atoms with Crippen molar-refractivity contribution in [1.29, 1.82) is 0 Å². The maximum Gasteiger partial charge on any atom is 0.404 e. The summed E-state index contributed by atoms with van der Waals surface area (Å²) in [5, 5.41) is 1.68. The molecule has 2 rings (SSSR count). The first kappa shape index (κ1) is 18.1. The maximum absolute atomic E-state index is 12.7. The molecule has 0 aromatic heterocycles. The van der Waals surface area contributed by atoms with Crippen LogP contribution >= 0.6 is 0 Å². The average Bonchev–Trinajstić information content (AvgIpc) is 3.31. The molecule has 1 aliphatic carbocycles. The predicted octanol–water partition coefficient (Wildman–Crippen LogP) is 2.84. The summed E-state index contributed by atoms with van der Waals surface area (Å²) in [7, 11) is 0. The molecule has 1 aromatic rings. The molecule has 0 saturated heterocycles. The number of amides is 2. The molecule has 2 amide bonds. The van der Waals surface area contributed by atoms with Crippen LogP contribution in [0.15, 0.2) is 18.2 Å². The fourth-order valence-electron chi connectivity index (χ4n) is 3.27. The highest BCUT2D eigenvalue weighted by molar-refractivity contribution is 6.04. The zero-order chi connectivity index (χ0) is 17.9. The van der Waals surface area contributed by atoms with E-state index >= 15 is 0 Å². The minimum absolute atomic E-state index is 0.198. The van der Waals surface area contributed by atoms with E-state index in [9.17, 15) is 18.8 Å². The van der Waals surface area contributed by atoms with Gasteiger partial charge in [0.15, 0.2) is 0 Å². The molecule has 0 spiro atoms. The number of carbonyl (C=O) groups excluding carboxylic acids is 3. The Balaban J connectivity index is 2.43. The zero-order valence-corrected chi connectivity index (χ0v) is 14.1. The molecule has 1 unspecified atom stereocenters. The van der Waals surface area contributed by atoms with Crippen molar-refractivity contribution in [3.8, 4) is 0 Å². The Labute approximate surface area is 140 Å². The summed E-state index contributed by atoms with van der Waals surface area (Å²) < 4.78 is 17.7. The number of hydrogen-bond donors (Lipinski definition) is 1. The summed E-state index contributed by atoms with van der Waals surface area (Å²) in [5.41, 5.74) is 1.62. The topological polar surface area (TPSA) is 72.5 Å². The number of rotatable bonds is 6. The third kappa shape index (κ3) is 3.18. The lowest BCUT2D eigenvalue weighted by molar-refractivity contribution is -0.146. The lowest BCUT2D eigenvalue weighted by Crippen LogP contribution is -2.39. The number of benzene rings is 1. The van der Waals surface area contributed by atoms with Crippen molar-refractivity contribution in [3.63, 3.8) is 0 Å². The third-order valence-electron chi connectivity index (χ3n) is 4.63. The third-order valence-corrected chi connectivity index (χ3v) is 4.63. The Kier molecular flexibility index (Phi) is 5.36. The molecule has 5 nitrogen and oxygen atoms in total. The fourth-order valence-corrected chi connectivity index (χ4v) is 3.27. The number of esters is 1. The largest absolute Gasteiger partial charge is 0.466 e. The van der Waals surface area contributed by atoms with Crippen LogP contribution < -0.4 is 5.32 Å². The van der Waals surface area contributed by atoms with Crippen LogP contribution in [0.2, 0.25) is 0 Å². The summed E-state index contributed by atoms with van der Waals surface area (Å²) in [6.07, 6.45) is -0.0809. The van der Waals surface area contributed by atoms with E-state index in [-0.39, 0.29) is 13.0 Å². The van der Waals surface area contributed by atoms with Crippen molar-refractivity contribution in [2.45, 2.75) is 45.4 Å². The Bertz CT molecular complexity index is 673. The fraction of sp³-hybridized carbons (Fsp3) is 0.500. The number of halogens is 1. The van der Waals surface area contributed by atoms with E-state index in [1.807, 2.05) is 26.0 Å². The second-order valence-corrected chi connectivity index (χ2v) is 5.90. The Morgan fingerprint density at radius 3 is 2.42 bits per heavy atom. The van der Waals surface area contributed by atoms with Gasteiger partial charge in [-0.25, -0.2) is 4.79 Å². The summed E-state index contributed by atoms with van der Waals surface area (Å²) in [6.45, 7) is 5.92. The van der Waals surface area contributed by atoms with E-state index < -0.39 is 29.4 Å². The highest BCUT2D eigenvalue weighted by Gasteiger charge is 2.65. The number of nitrogens with one attached hydrogen (secondary N) is 1. The van der Waals surface area contributed by atoms with Crippen molar-refractivity contribution >= 4 is 18.0 Å². The maximum atomic E-state index is 12.7. The number of carbonyl (C=O) groups is 3. The highest BCUT2D eigenvalue weighted by atomic mass is 19.1. The standard InChI is InChI=1S/C18H22FNO4/c1-4-11-7-8-13(9-12(11)5-2)18(16(22)20-17(19)23)10-14(18)15(21)24-6-3/h7-9,14H,4-6,10H2,1-3H3,(H,20,22,23)/t14?,18-/m1/s1. The van der Waals surface area contributed by atoms with Crippen LogP contribution in [0, 0.1) is 5.92 Å². The van der Waals surface area contributed by atoms with E-state index in [1.165, 1.54) is 0 Å². The molecule has 1 aromatic carbocycles. The van der Waals surface area contributed by atoms with Gasteiger partial charge in [0.05, 0.1) is 17.9 Å². The van der Waals surface area contributed by atoms with Crippen molar-refractivity contribution in [2.75, 3.05) is 6.61 Å². The van der Waals surface area contributed by atoms with Gasteiger partial charge in [-0.15, -0.1) is 4.39 Å². The van der Waals surface area contributed by atoms with E-state index in [2.05, 4.69) is 0 Å². The van der Waals surface area contributed by atoms with Crippen LogP contribution in [0.1, 0.15) is 43.9 Å². The number of ether oxygens (including phenoxy) is 1. The minimum Gasteiger partial charge on any atom is -0.466 e. The smallest absolute Gasteiger partial charge is 0.404 e. The SMILES string of the molecule is CCOC(=O)C1C[C@@]1(C(=O)NC(=O)F)c1ccc(CC)c(CC)c1. The second-order valence-electron chi connectivity index (χ2n) is 5.90. The molecule has 0 aliphatic heterocycles. The van der Waals surface area contributed by atoms with E-state index in [4.69, 9.17) is 4.74 Å². The molecule has 6 heteroatoms. The Morgan fingerprint density at radius 2 is 1.88 bits per heavy atom. The first-order chi connectivity index (χ1) is 11.4. The minimum atomic E-state index is -1.92. The van der Waals surface area contributed by atoms with Crippen LogP contribution in [0.25, 0.3) is 0 Å². The van der Waals surface area contributed by atoms with Gasteiger partial charge in [-0.05, 0) is 42.9 Å². The van der Waals surface area contributed by atoms with Gasteiger partial charge in [0, 0.05) is 0 Å². The normalized spacial score (nSPS) is 21.9. The summed E-state index contributed by atoms with van der Waals surface area (Å²) >= 11 is 0. The van der Waals surface area contributed by atoms with Gasteiger partial charge in [-0.3, -0.25) is 14.9 Å². The van der Waals surface area contributed by atoms with Crippen molar-refractivity contribution in [3.05, 3.63) is 34.9 Å². The molecule has 1 saturated carbocycles. The molecule has 2 atom stereocenters. The Morgan fingerprint density at radius 1 is 1.21 bits per heavy atom. The first-order valence-corrected chi connectivity index (χ1v) is 8.20. The molecular formula is C18H22FNO4. The van der Waals surface area contributed by atoms with Gasteiger partial charge in [0.2, 0.25) is 5.91 Å². The predicted molar refractivity (Wildman–Crippen MR) is 86.3 cm³/mol. The number of hydrogen-bond acceptors (Lipinski definition) is 4. The van der Waals surface area contributed by atoms with Crippen LogP contribution in [0.5, 0.6) is 0 Å². The average molecular weight is 335 g/mol. The van der Waals surface area contributed by atoms with Gasteiger partial charge in [-0.1, -0.05) is 32.0 Å². The second kappa shape index (κ2) is 7.11. The molecular weight excluding hydrogens is 313 g/mol. The lowest BCUT2D eigenvalue weighted by Gasteiger charge is -2.18. The van der Waals surface area contributed by atoms with Crippen LogP contribution in [0.3, 0.4) is 0 Å². The molecule has 130 valence electrons. The van der Waals surface area contributed by atoms with E-state index in [0.29, 0.717) is 5.56 Å². The van der Waals surface area contributed by atoms with Crippen LogP contribution in [0.4, 0.5) is 9.18 Å². The Hall–Kier alpha value is -2.24. The van der Waals surface area contributed by atoms with Gasteiger partial charge in [0.25, 0.3) is 0 Å². The molecule has 1 N–H and O–H groups in total. The zero-order valence-electron chi connectivity index (χ0n) is 14.1. The van der Waals surface area contributed by atoms with Gasteiger partial charge < -0.3 is 4.74 Å². The monoisotopic (exact) mass is 335 g/mol. The summed E-state index contributed by atoms with van der Waals surface area (Å²) in [5.74, 6) is -2.00. The van der Waals surface area contributed by atoms with Crippen molar-refractivity contribution < 1.29 is 23.5 Å². The van der Waals surface area contributed by atoms with Gasteiger partial charge >= 0.3 is 12.1 Å². The van der Waals surface area contributed by atoms with E-state index in [0.717, 1.165) is 24.0 Å². The van der Waals surface area contributed by atoms with Gasteiger partial charge in [-0.2, -0.15) is 0 Å².